The second-order valence-electron chi connectivity index (χ2n) is 7.40. The van der Waals surface area contributed by atoms with Gasteiger partial charge in [-0.25, -0.2) is 0 Å². The van der Waals surface area contributed by atoms with Crippen LogP contribution in [-0.2, 0) is 0 Å². The highest BCUT2D eigenvalue weighted by Gasteiger charge is 2.26. The third kappa shape index (κ3) is 3.79. The molecule has 28 heavy (non-hydrogen) atoms. The molecule has 1 aromatic heterocycles. The first-order valence-electron chi connectivity index (χ1n) is 9.70. The van der Waals surface area contributed by atoms with E-state index in [4.69, 9.17) is 4.74 Å². The van der Waals surface area contributed by atoms with Crippen LogP contribution in [-0.4, -0.2) is 41.2 Å². The summed E-state index contributed by atoms with van der Waals surface area (Å²) in [5, 5.41) is 7.26. The molecule has 0 bridgehead atoms. The number of rotatable bonds is 4. The second kappa shape index (κ2) is 7.89. The van der Waals surface area contributed by atoms with Crippen LogP contribution >= 0.6 is 0 Å². The minimum absolute atomic E-state index is 0.0130. The highest BCUT2D eigenvalue weighted by Crippen LogP contribution is 2.29. The van der Waals surface area contributed by atoms with Crippen molar-refractivity contribution in [3.8, 4) is 17.0 Å². The van der Waals surface area contributed by atoms with Crippen molar-refractivity contribution in [1.29, 1.82) is 0 Å². The summed E-state index contributed by atoms with van der Waals surface area (Å²) in [7, 11) is 1.64. The molecule has 5 heteroatoms. The van der Waals surface area contributed by atoms with E-state index in [1.165, 1.54) is 11.1 Å². The fraction of sp³-hybridized carbons (Fsp3) is 0.304. The molecule has 1 saturated heterocycles. The Kier molecular flexibility index (Phi) is 5.15. The Bertz CT molecular complexity index is 979. The molecule has 2 heterocycles. The van der Waals surface area contributed by atoms with E-state index in [-0.39, 0.29) is 5.91 Å². The second-order valence-corrected chi connectivity index (χ2v) is 7.40. The van der Waals surface area contributed by atoms with Crippen LogP contribution in [0.2, 0.25) is 0 Å². The summed E-state index contributed by atoms with van der Waals surface area (Å²) in [5.41, 5.74) is 4.78. The molecule has 1 aliphatic heterocycles. The molecule has 2 aromatic carbocycles. The maximum atomic E-state index is 13.0. The third-order valence-electron chi connectivity index (χ3n) is 5.40. The van der Waals surface area contributed by atoms with Crippen molar-refractivity contribution in [3.63, 3.8) is 0 Å². The number of aryl methyl sites for hydroxylation is 1. The number of carbonyl (C=O) groups is 1. The molecule has 1 aliphatic rings. The molecule has 0 spiro atoms. The largest absolute Gasteiger partial charge is 0.497 e. The summed E-state index contributed by atoms with van der Waals surface area (Å²) >= 11 is 0. The number of aromatic nitrogens is 2. The first kappa shape index (κ1) is 18.3. The number of aromatic amines is 1. The molecule has 1 amide bonds. The molecular formula is C23H25N3O2. The zero-order chi connectivity index (χ0) is 19.5. The molecule has 3 aromatic rings. The molecule has 5 nitrogen and oxygen atoms in total. The van der Waals surface area contributed by atoms with Gasteiger partial charge in [0.25, 0.3) is 5.91 Å². The van der Waals surface area contributed by atoms with E-state index in [1.807, 2.05) is 35.2 Å². The van der Waals surface area contributed by atoms with Gasteiger partial charge in [0.05, 0.1) is 12.8 Å². The number of H-pyrrole nitrogens is 1. The molecule has 1 atom stereocenters. The van der Waals surface area contributed by atoms with Gasteiger partial charge in [0, 0.05) is 24.6 Å². The summed E-state index contributed by atoms with van der Waals surface area (Å²) in [6.07, 6.45) is 2.13. The lowest BCUT2D eigenvalue weighted by Gasteiger charge is -2.32. The Labute approximate surface area is 165 Å². The number of nitrogens with one attached hydrogen (secondary N) is 1. The third-order valence-corrected chi connectivity index (χ3v) is 5.40. The minimum Gasteiger partial charge on any atom is -0.497 e. The van der Waals surface area contributed by atoms with Gasteiger partial charge in [-0.1, -0.05) is 42.0 Å². The Hall–Kier alpha value is -3.08. The molecule has 4 rings (SSSR count). The lowest BCUT2D eigenvalue weighted by Crippen LogP contribution is -2.39. The molecule has 0 aliphatic carbocycles. The predicted molar refractivity (Wildman–Crippen MR) is 110 cm³/mol. The van der Waals surface area contributed by atoms with Crippen molar-refractivity contribution < 1.29 is 9.53 Å². The monoisotopic (exact) mass is 375 g/mol. The number of hydrogen-bond acceptors (Lipinski definition) is 3. The number of piperidine rings is 1. The van der Waals surface area contributed by atoms with Crippen molar-refractivity contribution >= 4 is 5.91 Å². The maximum absolute atomic E-state index is 13.0. The predicted octanol–water partition coefficient (Wildman–Crippen LogP) is 4.41. The standard InChI is InChI=1S/C23H25N3O2/c1-16-6-3-7-17(12-16)19-9-5-11-26(15-19)23(27)22-14-21(24-25-22)18-8-4-10-20(13-18)28-2/h3-4,6-8,10,12-14,19H,5,9,11,15H2,1-2H3,(H,24,25)/t19-/m0/s1. The van der Waals surface area contributed by atoms with Crippen LogP contribution < -0.4 is 4.74 Å². The van der Waals surface area contributed by atoms with Crippen LogP contribution in [0.15, 0.2) is 54.6 Å². The van der Waals surface area contributed by atoms with Crippen molar-refractivity contribution in [3.05, 3.63) is 71.4 Å². The Morgan fingerprint density at radius 2 is 2.04 bits per heavy atom. The number of amides is 1. The van der Waals surface area contributed by atoms with Gasteiger partial charge in [0.15, 0.2) is 0 Å². The van der Waals surface area contributed by atoms with Crippen molar-refractivity contribution in [2.75, 3.05) is 20.2 Å². The topological polar surface area (TPSA) is 58.2 Å². The number of nitrogens with zero attached hydrogens (tertiary/aromatic N) is 2. The van der Waals surface area contributed by atoms with Crippen molar-refractivity contribution in [1.82, 2.24) is 15.1 Å². The molecule has 1 fully saturated rings. The normalized spacial score (nSPS) is 16.8. The number of ether oxygens (including phenoxy) is 1. The van der Waals surface area contributed by atoms with E-state index in [2.05, 4.69) is 41.4 Å². The van der Waals surface area contributed by atoms with E-state index >= 15 is 0 Å². The number of hydrogen-bond donors (Lipinski definition) is 1. The molecule has 0 radical (unpaired) electrons. The van der Waals surface area contributed by atoms with Gasteiger partial charge < -0.3 is 9.64 Å². The lowest BCUT2D eigenvalue weighted by molar-refractivity contribution is 0.0701. The molecule has 144 valence electrons. The zero-order valence-corrected chi connectivity index (χ0v) is 16.3. The summed E-state index contributed by atoms with van der Waals surface area (Å²) in [6, 6.07) is 18.1. The van der Waals surface area contributed by atoms with Crippen LogP contribution in [0, 0.1) is 6.92 Å². The highest BCUT2D eigenvalue weighted by molar-refractivity contribution is 5.93. The maximum Gasteiger partial charge on any atom is 0.271 e. The van der Waals surface area contributed by atoms with Crippen LogP contribution in [0.4, 0.5) is 0 Å². The lowest BCUT2D eigenvalue weighted by atomic mass is 9.89. The van der Waals surface area contributed by atoms with Gasteiger partial charge in [-0.05, 0) is 43.5 Å². The Morgan fingerprint density at radius 3 is 2.86 bits per heavy atom. The SMILES string of the molecule is COc1cccc(-c2cc(C(=O)N3CCC[C@H](c4cccc(C)c4)C3)[nH]n2)c1. The van der Waals surface area contributed by atoms with Crippen LogP contribution in [0.5, 0.6) is 5.75 Å². The Balaban J connectivity index is 1.50. The van der Waals surface area contributed by atoms with E-state index in [0.717, 1.165) is 42.9 Å². The van der Waals surface area contributed by atoms with E-state index in [0.29, 0.717) is 11.6 Å². The average Bonchev–Trinajstić information content (AvgIpc) is 3.24. The van der Waals surface area contributed by atoms with Gasteiger partial charge >= 0.3 is 0 Å². The number of likely N-dealkylation sites (tertiary alicyclic amines) is 1. The summed E-state index contributed by atoms with van der Waals surface area (Å²) in [5.74, 6) is 1.17. The van der Waals surface area contributed by atoms with Crippen LogP contribution in [0.3, 0.4) is 0 Å². The fourth-order valence-electron chi connectivity index (χ4n) is 3.89. The Morgan fingerprint density at radius 1 is 1.18 bits per heavy atom. The van der Waals surface area contributed by atoms with Gasteiger partial charge in [-0.3, -0.25) is 9.89 Å². The first-order valence-corrected chi connectivity index (χ1v) is 9.70. The number of benzene rings is 2. The summed E-state index contributed by atoms with van der Waals surface area (Å²) < 4.78 is 5.27. The van der Waals surface area contributed by atoms with E-state index in [1.54, 1.807) is 7.11 Å². The molecule has 0 saturated carbocycles. The van der Waals surface area contributed by atoms with Crippen molar-refractivity contribution in [2.24, 2.45) is 0 Å². The smallest absolute Gasteiger partial charge is 0.271 e. The zero-order valence-electron chi connectivity index (χ0n) is 16.3. The van der Waals surface area contributed by atoms with Gasteiger partial charge in [0.1, 0.15) is 11.4 Å². The van der Waals surface area contributed by atoms with Crippen LogP contribution in [0.1, 0.15) is 40.4 Å². The first-order chi connectivity index (χ1) is 13.6. The molecule has 1 N–H and O–H groups in total. The van der Waals surface area contributed by atoms with E-state index < -0.39 is 0 Å². The average molecular weight is 375 g/mol. The van der Waals surface area contributed by atoms with Crippen LogP contribution in [0.25, 0.3) is 11.3 Å². The summed E-state index contributed by atoms with van der Waals surface area (Å²) in [4.78, 5) is 15.0. The molecular weight excluding hydrogens is 350 g/mol. The minimum atomic E-state index is 0.0130. The fourth-order valence-corrected chi connectivity index (χ4v) is 3.89. The van der Waals surface area contributed by atoms with Gasteiger partial charge in [0.2, 0.25) is 0 Å². The van der Waals surface area contributed by atoms with Gasteiger partial charge in [-0.15, -0.1) is 0 Å². The van der Waals surface area contributed by atoms with Crippen molar-refractivity contribution in [2.45, 2.75) is 25.7 Å². The highest BCUT2D eigenvalue weighted by atomic mass is 16.5. The summed E-state index contributed by atoms with van der Waals surface area (Å²) in [6.45, 7) is 3.64. The number of carbonyl (C=O) groups excluding carboxylic acids is 1. The van der Waals surface area contributed by atoms with Gasteiger partial charge in [-0.2, -0.15) is 5.10 Å². The van der Waals surface area contributed by atoms with E-state index in [9.17, 15) is 4.79 Å². The number of methoxy groups -OCH3 is 1. The quantitative estimate of drug-likeness (QED) is 0.735. The molecule has 0 unspecified atom stereocenters.